The number of halogens is 1. The average Bonchev–Trinajstić information content (AvgIpc) is 2.72. The van der Waals surface area contributed by atoms with Gasteiger partial charge in [-0.1, -0.05) is 23.4 Å². The number of thiol groups is 1. The molecule has 0 amide bonds. The molecule has 2 heterocycles. The number of fused-ring (bicyclic) bond motifs is 2. The van der Waals surface area contributed by atoms with Crippen LogP contribution in [0.2, 0.25) is 5.02 Å². The highest BCUT2D eigenvalue weighted by Gasteiger charge is 2.24. The van der Waals surface area contributed by atoms with E-state index in [1.807, 2.05) is 0 Å². The summed E-state index contributed by atoms with van der Waals surface area (Å²) in [7, 11) is 0. The Balaban J connectivity index is 2.27. The van der Waals surface area contributed by atoms with Gasteiger partial charge in [0.25, 0.3) is 5.56 Å². The van der Waals surface area contributed by atoms with Crippen LogP contribution in [0.25, 0.3) is 10.9 Å². The van der Waals surface area contributed by atoms with Crippen LogP contribution in [0.3, 0.4) is 0 Å². The van der Waals surface area contributed by atoms with Crippen molar-refractivity contribution in [3.8, 4) is 0 Å². The van der Waals surface area contributed by atoms with Crippen molar-refractivity contribution in [3.05, 3.63) is 33.6 Å². The summed E-state index contributed by atoms with van der Waals surface area (Å²) in [5, 5.41) is 2.32. The minimum atomic E-state index is 0.0125. The molecule has 0 bridgehead atoms. The zero-order valence-corrected chi connectivity index (χ0v) is 11.2. The van der Waals surface area contributed by atoms with Crippen molar-refractivity contribution in [3.63, 3.8) is 0 Å². The second-order valence-electron chi connectivity index (χ2n) is 3.89. The molecule has 1 aromatic carbocycles. The van der Waals surface area contributed by atoms with Gasteiger partial charge in [-0.2, -0.15) is 12.6 Å². The Morgan fingerprint density at radius 3 is 3.18 bits per heavy atom. The van der Waals surface area contributed by atoms with Crippen LogP contribution in [-0.4, -0.2) is 20.6 Å². The molecule has 1 aromatic heterocycles. The minimum absolute atomic E-state index is 0.0125. The molecule has 6 heteroatoms. The monoisotopic (exact) mass is 284 g/mol. The molecule has 3 rings (SSSR count). The van der Waals surface area contributed by atoms with E-state index in [1.54, 1.807) is 34.5 Å². The first-order valence-electron chi connectivity index (χ1n) is 5.16. The van der Waals surface area contributed by atoms with Gasteiger partial charge in [0, 0.05) is 22.6 Å². The molecule has 0 saturated heterocycles. The van der Waals surface area contributed by atoms with Crippen molar-refractivity contribution in [2.45, 2.75) is 17.0 Å². The van der Waals surface area contributed by atoms with Crippen LogP contribution in [-0.2, 0) is 6.54 Å². The normalized spacial score (nSPS) is 18.6. The van der Waals surface area contributed by atoms with Crippen molar-refractivity contribution in [1.29, 1.82) is 0 Å². The van der Waals surface area contributed by atoms with E-state index >= 15 is 0 Å². The fourth-order valence-corrected chi connectivity index (χ4v) is 3.45. The molecular weight excluding hydrogens is 276 g/mol. The van der Waals surface area contributed by atoms with Crippen molar-refractivity contribution in [2.24, 2.45) is 0 Å². The molecule has 0 N–H and O–H groups in total. The van der Waals surface area contributed by atoms with E-state index < -0.39 is 0 Å². The summed E-state index contributed by atoms with van der Waals surface area (Å²) in [6.45, 7) is 0.688. The number of nitrogens with zero attached hydrogens (tertiary/aromatic N) is 2. The average molecular weight is 285 g/mol. The predicted molar refractivity (Wildman–Crippen MR) is 74.5 cm³/mol. The number of aromatic nitrogens is 2. The number of hydrogen-bond acceptors (Lipinski definition) is 4. The van der Waals surface area contributed by atoms with Crippen LogP contribution in [0.5, 0.6) is 0 Å². The van der Waals surface area contributed by atoms with E-state index in [2.05, 4.69) is 17.6 Å². The second kappa shape index (κ2) is 4.23. The van der Waals surface area contributed by atoms with Gasteiger partial charge >= 0.3 is 0 Å². The summed E-state index contributed by atoms with van der Waals surface area (Å²) in [4.78, 5) is 16.7. The van der Waals surface area contributed by atoms with Gasteiger partial charge in [-0.05, 0) is 18.2 Å². The lowest BCUT2D eigenvalue weighted by atomic mass is 10.2. The maximum absolute atomic E-state index is 12.2. The van der Waals surface area contributed by atoms with Crippen molar-refractivity contribution >= 4 is 46.9 Å². The minimum Gasteiger partial charge on any atom is -0.286 e. The third kappa shape index (κ3) is 1.86. The molecule has 17 heavy (non-hydrogen) atoms. The van der Waals surface area contributed by atoms with Gasteiger partial charge in [0.05, 0.1) is 10.9 Å². The van der Waals surface area contributed by atoms with Crippen molar-refractivity contribution in [2.75, 3.05) is 5.75 Å². The van der Waals surface area contributed by atoms with Gasteiger partial charge in [0.2, 0.25) is 0 Å². The second-order valence-corrected chi connectivity index (χ2v) is 5.96. The molecule has 1 aliphatic rings. The van der Waals surface area contributed by atoms with E-state index in [9.17, 15) is 4.79 Å². The molecule has 0 radical (unpaired) electrons. The van der Waals surface area contributed by atoms with E-state index in [0.717, 1.165) is 10.9 Å². The van der Waals surface area contributed by atoms with Gasteiger partial charge in [0.1, 0.15) is 0 Å². The third-order valence-electron chi connectivity index (χ3n) is 2.74. The van der Waals surface area contributed by atoms with Gasteiger partial charge < -0.3 is 0 Å². The standard InChI is InChI=1S/C11H9ClN2OS2/c12-6-1-2-8-9(3-6)13-11-14(10(8)15)4-7(5-16)17-11/h1-3,7,16H,4-5H2/t7-/m0/s1. The van der Waals surface area contributed by atoms with Crippen molar-refractivity contribution in [1.82, 2.24) is 9.55 Å². The first-order valence-corrected chi connectivity index (χ1v) is 7.05. The SMILES string of the molecule is O=c1c2ccc(Cl)cc2nc2n1C[C@@H](CS)S2. The highest BCUT2D eigenvalue weighted by molar-refractivity contribution is 8.00. The molecule has 1 aliphatic heterocycles. The fourth-order valence-electron chi connectivity index (χ4n) is 1.91. The Hall–Kier alpha value is -0.650. The molecule has 0 spiro atoms. The summed E-state index contributed by atoms with van der Waals surface area (Å²) in [5.41, 5.74) is 0.680. The highest BCUT2D eigenvalue weighted by atomic mass is 35.5. The number of rotatable bonds is 1. The Labute approximate surface area is 113 Å². The zero-order chi connectivity index (χ0) is 12.0. The molecule has 88 valence electrons. The molecule has 0 aliphatic carbocycles. The first kappa shape index (κ1) is 11.4. The quantitative estimate of drug-likeness (QED) is 0.645. The van der Waals surface area contributed by atoms with Gasteiger partial charge in [-0.3, -0.25) is 9.36 Å². The summed E-state index contributed by atoms with van der Waals surface area (Å²) >= 11 is 11.8. The largest absolute Gasteiger partial charge is 0.286 e. The van der Waals surface area contributed by atoms with E-state index in [1.165, 1.54) is 0 Å². The van der Waals surface area contributed by atoms with E-state index in [0.29, 0.717) is 27.7 Å². The molecule has 0 fully saturated rings. The molecular formula is C11H9ClN2OS2. The van der Waals surface area contributed by atoms with Gasteiger partial charge in [-0.25, -0.2) is 4.98 Å². The third-order valence-corrected chi connectivity index (χ3v) is 4.84. The topological polar surface area (TPSA) is 34.9 Å². The molecule has 0 unspecified atom stereocenters. The molecule has 3 nitrogen and oxygen atoms in total. The molecule has 0 saturated carbocycles. The summed E-state index contributed by atoms with van der Waals surface area (Å²) in [5.74, 6) is 0.741. The summed E-state index contributed by atoms with van der Waals surface area (Å²) in [6.07, 6.45) is 0. The molecule has 1 atom stereocenters. The van der Waals surface area contributed by atoms with Crippen LogP contribution in [0, 0.1) is 0 Å². The smallest absolute Gasteiger partial charge is 0.262 e. The van der Waals surface area contributed by atoms with Crippen LogP contribution < -0.4 is 5.56 Å². The van der Waals surface area contributed by atoms with Crippen LogP contribution in [0.15, 0.2) is 28.2 Å². The Morgan fingerprint density at radius 2 is 2.41 bits per heavy atom. The van der Waals surface area contributed by atoms with Gasteiger partial charge in [0.15, 0.2) is 5.16 Å². The lowest BCUT2D eigenvalue weighted by Crippen LogP contribution is -2.22. The van der Waals surface area contributed by atoms with E-state index in [4.69, 9.17) is 11.6 Å². The Morgan fingerprint density at radius 1 is 1.59 bits per heavy atom. The van der Waals surface area contributed by atoms with Crippen LogP contribution in [0.1, 0.15) is 0 Å². The highest BCUT2D eigenvalue weighted by Crippen LogP contribution is 2.30. The van der Waals surface area contributed by atoms with Crippen LogP contribution >= 0.6 is 36.0 Å². The fraction of sp³-hybridized carbons (Fsp3) is 0.273. The molecule has 2 aromatic rings. The summed E-state index contributed by atoms with van der Waals surface area (Å²) < 4.78 is 1.72. The lowest BCUT2D eigenvalue weighted by Gasteiger charge is -2.03. The maximum Gasteiger partial charge on any atom is 0.262 e. The number of benzene rings is 1. The lowest BCUT2D eigenvalue weighted by molar-refractivity contribution is 0.631. The predicted octanol–water partition coefficient (Wildman–Crippen LogP) is 2.45. The Bertz CT molecular complexity index is 656. The number of thioether (sulfide) groups is 1. The first-order chi connectivity index (χ1) is 8.19. The van der Waals surface area contributed by atoms with Crippen molar-refractivity contribution < 1.29 is 0 Å². The van der Waals surface area contributed by atoms with Crippen LogP contribution in [0.4, 0.5) is 0 Å². The van der Waals surface area contributed by atoms with Gasteiger partial charge in [-0.15, -0.1) is 0 Å². The Kier molecular flexibility index (Phi) is 2.84. The maximum atomic E-state index is 12.2. The zero-order valence-electron chi connectivity index (χ0n) is 8.76. The van der Waals surface area contributed by atoms with E-state index in [-0.39, 0.29) is 5.56 Å². The number of hydrogen-bond donors (Lipinski definition) is 1. The summed E-state index contributed by atoms with van der Waals surface area (Å²) in [6, 6.07) is 5.19.